The zero-order valence-corrected chi connectivity index (χ0v) is 9.39. The Balaban J connectivity index is 2.61. The molecule has 0 atom stereocenters. The zero-order chi connectivity index (χ0) is 11.3. The third-order valence-corrected chi connectivity index (χ3v) is 2.79. The first kappa shape index (κ1) is 11.8. The van der Waals surface area contributed by atoms with E-state index in [2.05, 4.69) is 19.2 Å². The van der Waals surface area contributed by atoms with Crippen LogP contribution in [0.3, 0.4) is 0 Å². The highest BCUT2D eigenvalue weighted by atomic mass is 19.1. The number of anilines is 2. The van der Waals surface area contributed by atoms with E-state index < -0.39 is 0 Å². The summed E-state index contributed by atoms with van der Waals surface area (Å²) in [4.78, 5) is 0. The van der Waals surface area contributed by atoms with Gasteiger partial charge in [-0.05, 0) is 18.1 Å². The molecule has 0 aliphatic rings. The second-order valence-corrected chi connectivity index (χ2v) is 3.76. The fraction of sp³-hybridized carbons (Fsp3) is 0.500. The molecule has 1 aromatic carbocycles. The van der Waals surface area contributed by atoms with Gasteiger partial charge in [0, 0.05) is 6.54 Å². The number of nitrogens with two attached hydrogens (primary N) is 1. The number of para-hydroxylation sites is 1. The lowest BCUT2D eigenvalue weighted by atomic mass is 10.0. The Bertz CT molecular complexity index is 308. The summed E-state index contributed by atoms with van der Waals surface area (Å²) in [5.74, 6) is 0.261. The summed E-state index contributed by atoms with van der Waals surface area (Å²) in [5.41, 5.74) is 6.52. The number of halogens is 1. The Hall–Kier alpha value is -1.25. The minimum absolute atomic E-state index is 0.212. The molecule has 0 bridgehead atoms. The predicted octanol–water partition coefficient (Wildman–Crippen LogP) is 3.26. The molecule has 0 spiro atoms. The van der Waals surface area contributed by atoms with Gasteiger partial charge >= 0.3 is 0 Å². The van der Waals surface area contributed by atoms with Crippen molar-refractivity contribution in [2.75, 3.05) is 17.6 Å². The van der Waals surface area contributed by atoms with Crippen LogP contribution < -0.4 is 11.1 Å². The second kappa shape index (κ2) is 5.59. The molecule has 3 N–H and O–H groups in total. The highest BCUT2D eigenvalue weighted by Crippen LogP contribution is 2.21. The smallest absolute Gasteiger partial charge is 0.148 e. The van der Waals surface area contributed by atoms with Crippen molar-refractivity contribution in [1.29, 1.82) is 0 Å². The van der Waals surface area contributed by atoms with Crippen molar-refractivity contribution in [1.82, 2.24) is 0 Å². The largest absolute Gasteiger partial charge is 0.395 e. The van der Waals surface area contributed by atoms with Crippen LogP contribution in [0.5, 0.6) is 0 Å². The summed E-state index contributed by atoms with van der Waals surface area (Å²) < 4.78 is 13.1. The monoisotopic (exact) mass is 210 g/mol. The topological polar surface area (TPSA) is 38.0 Å². The van der Waals surface area contributed by atoms with Crippen LogP contribution in [0.25, 0.3) is 0 Å². The average molecular weight is 210 g/mol. The third-order valence-electron chi connectivity index (χ3n) is 2.79. The number of rotatable bonds is 5. The number of nitrogens with one attached hydrogen (secondary N) is 1. The Kier molecular flexibility index (Phi) is 4.40. The van der Waals surface area contributed by atoms with Crippen molar-refractivity contribution >= 4 is 11.4 Å². The van der Waals surface area contributed by atoms with E-state index in [0.29, 0.717) is 11.6 Å². The summed E-state index contributed by atoms with van der Waals surface area (Å²) >= 11 is 0. The van der Waals surface area contributed by atoms with Crippen LogP contribution in [0.15, 0.2) is 18.2 Å². The average Bonchev–Trinajstić information content (AvgIpc) is 2.25. The molecule has 2 nitrogen and oxygen atoms in total. The molecule has 0 amide bonds. The SMILES string of the molecule is CCC(CC)CNc1cccc(F)c1N. The van der Waals surface area contributed by atoms with E-state index in [9.17, 15) is 4.39 Å². The molecule has 1 rings (SSSR count). The maximum atomic E-state index is 13.1. The van der Waals surface area contributed by atoms with Crippen LogP contribution >= 0.6 is 0 Å². The number of nitrogen functional groups attached to an aromatic ring is 1. The van der Waals surface area contributed by atoms with Gasteiger partial charge in [-0.15, -0.1) is 0 Å². The van der Waals surface area contributed by atoms with Gasteiger partial charge in [0.15, 0.2) is 0 Å². The Morgan fingerprint density at radius 1 is 1.33 bits per heavy atom. The first-order valence-corrected chi connectivity index (χ1v) is 5.46. The number of benzene rings is 1. The van der Waals surface area contributed by atoms with Crippen molar-refractivity contribution in [3.63, 3.8) is 0 Å². The van der Waals surface area contributed by atoms with Gasteiger partial charge in [0.05, 0.1) is 11.4 Å². The number of hydrogen-bond donors (Lipinski definition) is 2. The Labute approximate surface area is 90.7 Å². The van der Waals surface area contributed by atoms with Crippen LogP contribution in [-0.2, 0) is 0 Å². The summed E-state index contributed by atoms with van der Waals surface area (Å²) in [6.07, 6.45) is 2.25. The quantitative estimate of drug-likeness (QED) is 0.732. The lowest BCUT2D eigenvalue weighted by Gasteiger charge is -2.15. The van der Waals surface area contributed by atoms with Crippen molar-refractivity contribution in [3.05, 3.63) is 24.0 Å². The zero-order valence-electron chi connectivity index (χ0n) is 9.39. The molecule has 0 radical (unpaired) electrons. The van der Waals surface area contributed by atoms with E-state index in [1.165, 1.54) is 6.07 Å². The van der Waals surface area contributed by atoms with E-state index in [0.717, 1.165) is 19.4 Å². The molecular formula is C12H19FN2. The Morgan fingerprint density at radius 3 is 2.60 bits per heavy atom. The summed E-state index contributed by atoms with van der Waals surface area (Å²) in [6.45, 7) is 5.16. The molecule has 1 aromatic rings. The minimum Gasteiger partial charge on any atom is -0.395 e. The van der Waals surface area contributed by atoms with E-state index >= 15 is 0 Å². The van der Waals surface area contributed by atoms with Gasteiger partial charge in [-0.25, -0.2) is 4.39 Å². The molecule has 84 valence electrons. The van der Waals surface area contributed by atoms with E-state index in [4.69, 9.17) is 5.73 Å². The van der Waals surface area contributed by atoms with Crippen molar-refractivity contribution in [2.24, 2.45) is 5.92 Å². The fourth-order valence-corrected chi connectivity index (χ4v) is 1.52. The minimum atomic E-state index is -0.357. The van der Waals surface area contributed by atoms with Gasteiger partial charge in [0.2, 0.25) is 0 Å². The second-order valence-electron chi connectivity index (χ2n) is 3.76. The van der Waals surface area contributed by atoms with Gasteiger partial charge in [0.1, 0.15) is 5.82 Å². The van der Waals surface area contributed by atoms with Crippen LogP contribution in [0.4, 0.5) is 15.8 Å². The lowest BCUT2D eigenvalue weighted by Crippen LogP contribution is -2.14. The van der Waals surface area contributed by atoms with Gasteiger partial charge in [0.25, 0.3) is 0 Å². The molecule has 0 fully saturated rings. The summed E-state index contributed by atoms with van der Waals surface area (Å²) in [6, 6.07) is 4.85. The summed E-state index contributed by atoms with van der Waals surface area (Å²) in [5, 5.41) is 3.19. The van der Waals surface area contributed by atoms with Gasteiger partial charge < -0.3 is 11.1 Å². The summed E-state index contributed by atoms with van der Waals surface area (Å²) in [7, 11) is 0. The molecule has 0 saturated carbocycles. The molecule has 0 aliphatic carbocycles. The van der Waals surface area contributed by atoms with E-state index in [-0.39, 0.29) is 11.5 Å². The first-order chi connectivity index (χ1) is 7.19. The molecule has 0 aliphatic heterocycles. The van der Waals surface area contributed by atoms with Crippen LogP contribution in [0, 0.1) is 11.7 Å². The van der Waals surface area contributed by atoms with E-state index in [1.807, 2.05) is 0 Å². The molecule has 0 aromatic heterocycles. The number of hydrogen-bond acceptors (Lipinski definition) is 2. The first-order valence-electron chi connectivity index (χ1n) is 5.46. The maximum absolute atomic E-state index is 13.1. The normalized spacial score (nSPS) is 10.7. The van der Waals surface area contributed by atoms with Crippen LogP contribution in [0.2, 0.25) is 0 Å². The molecule has 15 heavy (non-hydrogen) atoms. The van der Waals surface area contributed by atoms with Gasteiger partial charge in [-0.1, -0.05) is 32.8 Å². The van der Waals surface area contributed by atoms with Crippen molar-refractivity contribution < 1.29 is 4.39 Å². The lowest BCUT2D eigenvalue weighted by molar-refractivity contribution is 0.519. The third kappa shape index (κ3) is 3.11. The van der Waals surface area contributed by atoms with Crippen molar-refractivity contribution in [2.45, 2.75) is 26.7 Å². The Morgan fingerprint density at radius 2 is 2.00 bits per heavy atom. The van der Waals surface area contributed by atoms with Crippen molar-refractivity contribution in [3.8, 4) is 0 Å². The molecule has 3 heteroatoms. The van der Waals surface area contributed by atoms with Crippen LogP contribution in [0.1, 0.15) is 26.7 Å². The fourth-order valence-electron chi connectivity index (χ4n) is 1.52. The molecular weight excluding hydrogens is 191 g/mol. The van der Waals surface area contributed by atoms with E-state index in [1.54, 1.807) is 12.1 Å². The molecule has 0 unspecified atom stereocenters. The maximum Gasteiger partial charge on any atom is 0.148 e. The van der Waals surface area contributed by atoms with Crippen LogP contribution in [-0.4, -0.2) is 6.54 Å². The molecule has 0 heterocycles. The standard InChI is InChI=1S/C12H19FN2/c1-3-9(4-2)8-15-11-7-5-6-10(13)12(11)14/h5-7,9,15H,3-4,8,14H2,1-2H3. The predicted molar refractivity (Wildman–Crippen MR) is 63.4 cm³/mol. The highest BCUT2D eigenvalue weighted by molar-refractivity contribution is 5.66. The van der Waals surface area contributed by atoms with Gasteiger partial charge in [-0.2, -0.15) is 0 Å². The highest BCUT2D eigenvalue weighted by Gasteiger charge is 2.06. The van der Waals surface area contributed by atoms with Gasteiger partial charge in [-0.3, -0.25) is 0 Å². The molecule has 0 saturated heterocycles.